The summed E-state index contributed by atoms with van der Waals surface area (Å²) in [6.07, 6.45) is 3.41. The van der Waals surface area contributed by atoms with Gasteiger partial charge in [0.1, 0.15) is 0 Å². The Labute approximate surface area is 164 Å². The van der Waals surface area contributed by atoms with Gasteiger partial charge in [-0.2, -0.15) is 0 Å². The van der Waals surface area contributed by atoms with Crippen LogP contribution in [-0.4, -0.2) is 19.5 Å². The summed E-state index contributed by atoms with van der Waals surface area (Å²) in [5.41, 5.74) is 1.98. The van der Waals surface area contributed by atoms with Crippen molar-refractivity contribution in [1.29, 1.82) is 0 Å². The SMILES string of the molecule is O=C(O)CCCc1ccc(C(NS(=O)(=O)c2ccc(Cl)cc2)C2CC2)cc1. The molecule has 0 aliphatic heterocycles. The van der Waals surface area contributed by atoms with Crippen molar-refractivity contribution >= 4 is 27.6 Å². The second kappa shape index (κ2) is 8.42. The molecule has 1 fully saturated rings. The normalized spacial score (nSPS) is 15.4. The molecule has 2 aromatic carbocycles. The fourth-order valence-electron chi connectivity index (χ4n) is 3.05. The molecule has 0 amide bonds. The van der Waals surface area contributed by atoms with Crippen LogP contribution in [0.5, 0.6) is 0 Å². The topological polar surface area (TPSA) is 83.5 Å². The zero-order chi connectivity index (χ0) is 19.4. The molecule has 0 saturated heterocycles. The molecule has 2 N–H and O–H groups in total. The quantitative estimate of drug-likeness (QED) is 0.653. The Bertz CT molecular complexity index is 891. The molecule has 2 aromatic rings. The van der Waals surface area contributed by atoms with Gasteiger partial charge in [-0.3, -0.25) is 4.79 Å². The van der Waals surface area contributed by atoms with Crippen molar-refractivity contribution in [2.75, 3.05) is 0 Å². The first kappa shape index (κ1) is 19.9. The van der Waals surface area contributed by atoms with E-state index in [1.165, 1.54) is 12.1 Å². The van der Waals surface area contributed by atoms with Crippen LogP contribution in [0.4, 0.5) is 0 Å². The molecule has 5 nitrogen and oxygen atoms in total. The Kier molecular flexibility index (Phi) is 6.19. The van der Waals surface area contributed by atoms with E-state index in [9.17, 15) is 13.2 Å². The molecule has 1 saturated carbocycles. The molecule has 0 spiro atoms. The van der Waals surface area contributed by atoms with Gasteiger partial charge in [-0.15, -0.1) is 0 Å². The highest BCUT2D eigenvalue weighted by molar-refractivity contribution is 7.89. The van der Waals surface area contributed by atoms with Crippen molar-refractivity contribution < 1.29 is 18.3 Å². The highest BCUT2D eigenvalue weighted by Crippen LogP contribution is 2.41. The van der Waals surface area contributed by atoms with E-state index in [1.54, 1.807) is 12.1 Å². The summed E-state index contributed by atoms with van der Waals surface area (Å²) < 4.78 is 28.3. The lowest BCUT2D eigenvalue weighted by Crippen LogP contribution is -2.30. The summed E-state index contributed by atoms with van der Waals surface area (Å²) >= 11 is 5.84. The minimum atomic E-state index is -3.64. The maximum atomic E-state index is 12.7. The number of carbonyl (C=O) groups is 1. The van der Waals surface area contributed by atoms with Crippen molar-refractivity contribution in [2.45, 2.75) is 43.0 Å². The number of carboxylic acid groups (broad SMARTS) is 1. The summed E-state index contributed by atoms with van der Waals surface area (Å²) in [6.45, 7) is 0. The lowest BCUT2D eigenvalue weighted by Gasteiger charge is -2.19. The Morgan fingerprint density at radius 2 is 1.74 bits per heavy atom. The summed E-state index contributed by atoms with van der Waals surface area (Å²) in [4.78, 5) is 10.8. The van der Waals surface area contributed by atoms with Gasteiger partial charge in [-0.1, -0.05) is 35.9 Å². The van der Waals surface area contributed by atoms with E-state index in [0.717, 1.165) is 24.0 Å². The molecule has 0 radical (unpaired) electrons. The predicted octanol–water partition coefficient (Wildman–Crippen LogP) is 4.18. The predicted molar refractivity (Wildman–Crippen MR) is 104 cm³/mol. The average molecular weight is 408 g/mol. The minimum absolute atomic E-state index is 0.146. The van der Waals surface area contributed by atoms with Gasteiger partial charge in [0.2, 0.25) is 10.0 Å². The lowest BCUT2D eigenvalue weighted by molar-refractivity contribution is -0.137. The van der Waals surface area contributed by atoms with Gasteiger partial charge in [0.25, 0.3) is 0 Å². The van der Waals surface area contributed by atoms with Crippen LogP contribution in [0.3, 0.4) is 0 Å². The van der Waals surface area contributed by atoms with Gasteiger partial charge in [0.05, 0.1) is 4.90 Å². The van der Waals surface area contributed by atoms with E-state index in [4.69, 9.17) is 16.7 Å². The monoisotopic (exact) mass is 407 g/mol. The summed E-state index contributed by atoms with van der Waals surface area (Å²) in [5, 5.41) is 9.21. The zero-order valence-corrected chi connectivity index (χ0v) is 16.3. The van der Waals surface area contributed by atoms with Crippen molar-refractivity contribution in [3.63, 3.8) is 0 Å². The number of carboxylic acids is 1. The third-order valence-electron chi connectivity index (χ3n) is 4.69. The third kappa shape index (κ3) is 5.54. The molecule has 144 valence electrons. The van der Waals surface area contributed by atoms with E-state index >= 15 is 0 Å². The molecule has 0 aromatic heterocycles. The highest BCUT2D eigenvalue weighted by atomic mass is 35.5. The molecule has 1 aliphatic carbocycles. The standard InChI is InChI=1S/C20H22ClNO4S/c21-17-10-12-18(13-11-17)27(25,26)22-20(16-8-9-16)15-6-4-14(5-7-15)2-1-3-19(23)24/h4-7,10-13,16,20,22H,1-3,8-9H2,(H,23,24). The number of hydrogen-bond acceptors (Lipinski definition) is 3. The average Bonchev–Trinajstić information content (AvgIpc) is 3.46. The maximum Gasteiger partial charge on any atom is 0.303 e. The zero-order valence-electron chi connectivity index (χ0n) is 14.8. The number of benzene rings is 2. The number of halogens is 1. The number of sulfonamides is 1. The van der Waals surface area contributed by atoms with Crippen LogP contribution in [0.25, 0.3) is 0 Å². The van der Waals surface area contributed by atoms with Gasteiger partial charge in [0, 0.05) is 17.5 Å². The molecular weight excluding hydrogens is 386 g/mol. The van der Waals surface area contributed by atoms with Crippen LogP contribution >= 0.6 is 11.6 Å². The third-order valence-corrected chi connectivity index (χ3v) is 6.40. The Hall–Kier alpha value is -1.89. The van der Waals surface area contributed by atoms with E-state index in [0.29, 0.717) is 23.8 Å². The van der Waals surface area contributed by atoms with Crippen molar-refractivity contribution in [2.24, 2.45) is 5.92 Å². The number of rotatable bonds is 9. The van der Waals surface area contributed by atoms with E-state index in [1.807, 2.05) is 24.3 Å². The van der Waals surface area contributed by atoms with Gasteiger partial charge in [0.15, 0.2) is 0 Å². The molecule has 1 atom stereocenters. The van der Waals surface area contributed by atoms with Crippen molar-refractivity contribution in [1.82, 2.24) is 4.72 Å². The van der Waals surface area contributed by atoms with Crippen LogP contribution in [0.2, 0.25) is 5.02 Å². The first-order valence-corrected chi connectivity index (χ1v) is 10.8. The van der Waals surface area contributed by atoms with E-state index in [2.05, 4.69) is 4.72 Å². The lowest BCUT2D eigenvalue weighted by atomic mass is 10.00. The molecule has 3 rings (SSSR count). The van der Waals surface area contributed by atoms with E-state index in [-0.39, 0.29) is 17.4 Å². The maximum absolute atomic E-state index is 12.7. The van der Waals surface area contributed by atoms with E-state index < -0.39 is 16.0 Å². The minimum Gasteiger partial charge on any atom is -0.481 e. The van der Waals surface area contributed by atoms with Crippen LogP contribution in [0, 0.1) is 5.92 Å². The van der Waals surface area contributed by atoms with Gasteiger partial charge < -0.3 is 5.11 Å². The molecular formula is C20H22ClNO4S. The molecule has 0 heterocycles. The second-order valence-corrected chi connectivity index (χ2v) is 9.03. The van der Waals surface area contributed by atoms with Crippen LogP contribution < -0.4 is 4.72 Å². The molecule has 27 heavy (non-hydrogen) atoms. The van der Waals surface area contributed by atoms with Crippen LogP contribution in [0.1, 0.15) is 42.9 Å². The van der Waals surface area contributed by atoms with Gasteiger partial charge in [-0.05, 0) is 67.0 Å². The van der Waals surface area contributed by atoms with Crippen molar-refractivity contribution in [3.05, 3.63) is 64.7 Å². The number of aryl methyl sites for hydroxylation is 1. The number of aliphatic carboxylic acids is 1. The molecule has 0 bridgehead atoms. The summed E-state index contributed by atoms with van der Waals surface area (Å²) in [7, 11) is -3.64. The molecule has 1 unspecified atom stereocenters. The summed E-state index contributed by atoms with van der Waals surface area (Å²) in [5.74, 6) is -0.498. The first-order chi connectivity index (χ1) is 12.8. The molecule has 7 heteroatoms. The smallest absolute Gasteiger partial charge is 0.303 e. The van der Waals surface area contributed by atoms with Gasteiger partial charge >= 0.3 is 5.97 Å². The first-order valence-electron chi connectivity index (χ1n) is 8.94. The summed E-state index contributed by atoms with van der Waals surface area (Å²) in [6, 6.07) is 13.6. The number of hydrogen-bond donors (Lipinski definition) is 2. The Balaban J connectivity index is 1.72. The fraction of sp³-hybridized carbons (Fsp3) is 0.350. The van der Waals surface area contributed by atoms with Crippen LogP contribution in [-0.2, 0) is 21.2 Å². The van der Waals surface area contributed by atoms with Crippen molar-refractivity contribution in [3.8, 4) is 0 Å². The highest BCUT2D eigenvalue weighted by Gasteiger charge is 2.35. The van der Waals surface area contributed by atoms with Gasteiger partial charge in [-0.25, -0.2) is 13.1 Å². The largest absolute Gasteiger partial charge is 0.481 e. The second-order valence-electron chi connectivity index (χ2n) is 6.88. The molecule has 1 aliphatic rings. The Morgan fingerprint density at radius 3 is 2.30 bits per heavy atom. The fourth-order valence-corrected chi connectivity index (χ4v) is 4.47. The number of nitrogens with one attached hydrogen (secondary N) is 1. The Morgan fingerprint density at radius 1 is 1.11 bits per heavy atom. The van der Waals surface area contributed by atoms with Crippen LogP contribution in [0.15, 0.2) is 53.4 Å².